The maximum atomic E-state index is 12.7. The molecule has 0 aliphatic carbocycles. The Morgan fingerprint density at radius 1 is 1.00 bits per heavy atom. The predicted molar refractivity (Wildman–Crippen MR) is 126 cm³/mol. The van der Waals surface area contributed by atoms with E-state index in [0.29, 0.717) is 25.4 Å². The molecule has 8 heteroatoms. The molecule has 5 rings (SSSR count). The quantitative estimate of drug-likeness (QED) is 0.532. The van der Waals surface area contributed by atoms with Crippen molar-refractivity contribution in [1.82, 2.24) is 14.9 Å². The molecular weight excluding hydrogens is 434 g/mol. The number of aromatic nitrogens is 2. The molecule has 0 saturated carbocycles. The standard InChI is InChI=1S/C26H29N3O5/c1-17-13-29(25(31)28-23(17)30)24-21-22(33-15-20-11-7-4-8-12-20)26(34-24,18(2)27-21)16-32-14-19-9-5-3-6-10-19/h3-13,18,21-22,24,27H,14-16H2,1-2H3,(H,28,30,31)/t18?,21-,22+,24-,26+/m1/s1. The Morgan fingerprint density at radius 3 is 2.32 bits per heavy atom. The van der Waals surface area contributed by atoms with Crippen LogP contribution in [-0.4, -0.2) is 39.9 Å². The van der Waals surface area contributed by atoms with Crippen LogP contribution in [0.4, 0.5) is 0 Å². The molecule has 2 aliphatic rings. The number of morpholine rings is 1. The SMILES string of the molecule is Cc1cn([C@@H]2O[C@@]3(COCc4ccccc4)C(C)N[C@@H]2[C@@H]3OCc2ccccc2)c(=O)[nH]c1=O. The van der Waals surface area contributed by atoms with Gasteiger partial charge in [-0.25, -0.2) is 4.79 Å². The molecule has 0 amide bonds. The first-order chi connectivity index (χ1) is 16.5. The van der Waals surface area contributed by atoms with Crippen LogP contribution in [0.15, 0.2) is 76.4 Å². The monoisotopic (exact) mass is 463 g/mol. The molecule has 8 nitrogen and oxygen atoms in total. The number of hydrogen-bond acceptors (Lipinski definition) is 6. The van der Waals surface area contributed by atoms with Crippen LogP contribution in [0.2, 0.25) is 0 Å². The van der Waals surface area contributed by atoms with E-state index in [4.69, 9.17) is 14.2 Å². The fourth-order valence-electron chi connectivity index (χ4n) is 4.92. The van der Waals surface area contributed by atoms with E-state index >= 15 is 0 Å². The summed E-state index contributed by atoms with van der Waals surface area (Å²) in [6, 6.07) is 19.5. The number of H-pyrrole nitrogens is 1. The number of rotatable bonds is 8. The molecule has 2 N–H and O–H groups in total. The van der Waals surface area contributed by atoms with Crippen molar-refractivity contribution >= 4 is 0 Å². The second-order valence-electron chi connectivity index (χ2n) is 9.05. The van der Waals surface area contributed by atoms with E-state index < -0.39 is 23.1 Å². The second kappa shape index (κ2) is 9.31. The number of aromatic amines is 1. The first-order valence-electron chi connectivity index (χ1n) is 11.5. The molecule has 0 spiro atoms. The minimum Gasteiger partial charge on any atom is -0.374 e. The highest BCUT2D eigenvalue weighted by atomic mass is 16.6. The maximum absolute atomic E-state index is 12.7. The van der Waals surface area contributed by atoms with E-state index in [1.54, 1.807) is 13.1 Å². The number of ether oxygens (including phenoxy) is 3. The number of nitrogens with one attached hydrogen (secondary N) is 2. The summed E-state index contributed by atoms with van der Waals surface area (Å²) < 4.78 is 20.6. The third-order valence-electron chi connectivity index (χ3n) is 6.76. The van der Waals surface area contributed by atoms with Crippen LogP contribution in [0, 0.1) is 6.92 Å². The smallest absolute Gasteiger partial charge is 0.330 e. The van der Waals surface area contributed by atoms with Crippen molar-refractivity contribution in [2.75, 3.05) is 6.61 Å². The molecule has 0 radical (unpaired) electrons. The van der Waals surface area contributed by atoms with Gasteiger partial charge in [0.15, 0.2) is 6.23 Å². The van der Waals surface area contributed by atoms with Crippen molar-refractivity contribution in [3.63, 3.8) is 0 Å². The van der Waals surface area contributed by atoms with E-state index in [9.17, 15) is 9.59 Å². The number of hydrogen-bond donors (Lipinski definition) is 2. The van der Waals surface area contributed by atoms with Gasteiger partial charge in [-0.2, -0.15) is 0 Å². The summed E-state index contributed by atoms with van der Waals surface area (Å²) in [7, 11) is 0. The van der Waals surface area contributed by atoms with Crippen LogP contribution in [-0.2, 0) is 27.4 Å². The van der Waals surface area contributed by atoms with Crippen LogP contribution < -0.4 is 16.6 Å². The van der Waals surface area contributed by atoms with Crippen LogP contribution in [0.25, 0.3) is 0 Å². The van der Waals surface area contributed by atoms with E-state index in [-0.39, 0.29) is 18.2 Å². The third kappa shape index (κ3) is 4.14. The van der Waals surface area contributed by atoms with Crippen molar-refractivity contribution in [2.24, 2.45) is 0 Å². The Bertz CT molecular complexity index is 1240. The molecule has 1 aromatic heterocycles. The zero-order valence-electron chi connectivity index (χ0n) is 19.3. The van der Waals surface area contributed by atoms with Crippen molar-refractivity contribution in [1.29, 1.82) is 0 Å². The summed E-state index contributed by atoms with van der Waals surface area (Å²) in [6.07, 6.45) is 0.550. The van der Waals surface area contributed by atoms with Gasteiger partial charge in [0.2, 0.25) is 0 Å². The zero-order chi connectivity index (χ0) is 23.7. The number of aryl methyl sites for hydroxylation is 1. The molecule has 3 heterocycles. The third-order valence-corrected chi connectivity index (χ3v) is 6.76. The lowest BCUT2D eigenvalue weighted by Crippen LogP contribution is -2.54. The fourth-order valence-corrected chi connectivity index (χ4v) is 4.92. The van der Waals surface area contributed by atoms with Crippen molar-refractivity contribution in [3.8, 4) is 0 Å². The normalized spacial score (nSPS) is 27.8. The Labute approximate surface area is 197 Å². The van der Waals surface area contributed by atoms with Crippen LogP contribution in [0.5, 0.6) is 0 Å². The highest BCUT2D eigenvalue weighted by molar-refractivity contribution is 5.19. The van der Waals surface area contributed by atoms with E-state index in [2.05, 4.69) is 10.3 Å². The van der Waals surface area contributed by atoms with Gasteiger partial charge in [-0.15, -0.1) is 0 Å². The molecule has 34 heavy (non-hydrogen) atoms. The summed E-state index contributed by atoms with van der Waals surface area (Å²) in [5.41, 5.74) is 0.847. The minimum atomic E-state index is -0.803. The lowest BCUT2D eigenvalue weighted by Gasteiger charge is -2.37. The van der Waals surface area contributed by atoms with Gasteiger partial charge in [0.25, 0.3) is 5.56 Å². The average Bonchev–Trinajstić information content (AvgIpc) is 3.29. The van der Waals surface area contributed by atoms with Crippen molar-refractivity contribution in [3.05, 3.63) is 104 Å². The lowest BCUT2D eigenvalue weighted by molar-refractivity contribution is -0.171. The number of fused-ring (bicyclic) bond motifs is 2. The maximum Gasteiger partial charge on any atom is 0.330 e. The van der Waals surface area contributed by atoms with Crippen LogP contribution in [0.3, 0.4) is 0 Å². The Hall–Kier alpha value is -3.04. The predicted octanol–water partition coefficient (Wildman–Crippen LogP) is 2.28. The highest BCUT2D eigenvalue weighted by Gasteiger charge is 2.65. The van der Waals surface area contributed by atoms with E-state index in [1.165, 1.54) is 4.57 Å². The zero-order valence-corrected chi connectivity index (χ0v) is 19.3. The molecule has 2 fully saturated rings. The van der Waals surface area contributed by atoms with Crippen molar-refractivity contribution in [2.45, 2.75) is 57.1 Å². The van der Waals surface area contributed by atoms with Gasteiger partial charge in [0.05, 0.1) is 25.9 Å². The van der Waals surface area contributed by atoms with Gasteiger partial charge in [-0.05, 0) is 25.0 Å². The summed E-state index contributed by atoms with van der Waals surface area (Å²) >= 11 is 0. The minimum absolute atomic E-state index is 0.0649. The topological polar surface area (TPSA) is 94.6 Å². The van der Waals surface area contributed by atoms with Gasteiger partial charge in [0.1, 0.15) is 11.7 Å². The first kappa shape index (κ1) is 22.7. The molecule has 178 valence electrons. The first-order valence-corrected chi connectivity index (χ1v) is 11.5. The molecular formula is C26H29N3O5. The number of nitrogens with zero attached hydrogens (tertiary/aromatic N) is 1. The Balaban J connectivity index is 1.43. The second-order valence-corrected chi connectivity index (χ2v) is 9.05. The van der Waals surface area contributed by atoms with Gasteiger partial charge in [-0.1, -0.05) is 60.7 Å². The molecule has 2 aromatic carbocycles. The van der Waals surface area contributed by atoms with Gasteiger partial charge in [0, 0.05) is 17.8 Å². The Kier molecular flexibility index (Phi) is 6.22. The molecule has 5 atom stereocenters. The van der Waals surface area contributed by atoms with Gasteiger partial charge in [-0.3, -0.25) is 14.3 Å². The van der Waals surface area contributed by atoms with Crippen LogP contribution >= 0.6 is 0 Å². The fraction of sp³-hybridized carbons (Fsp3) is 0.385. The van der Waals surface area contributed by atoms with E-state index in [0.717, 1.165) is 11.1 Å². The van der Waals surface area contributed by atoms with Crippen molar-refractivity contribution < 1.29 is 14.2 Å². The largest absolute Gasteiger partial charge is 0.374 e. The Morgan fingerprint density at radius 2 is 1.65 bits per heavy atom. The lowest BCUT2D eigenvalue weighted by atomic mass is 9.94. The average molecular weight is 464 g/mol. The summed E-state index contributed by atoms with van der Waals surface area (Å²) in [6.45, 7) is 4.85. The number of benzene rings is 2. The molecule has 3 aromatic rings. The molecule has 2 aliphatic heterocycles. The summed E-state index contributed by atoms with van der Waals surface area (Å²) in [4.78, 5) is 26.9. The molecule has 2 saturated heterocycles. The van der Waals surface area contributed by atoms with Gasteiger partial charge < -0.3 is 19.5 Å². The summed E-state index contributed by atoms with van der Waals surface area (Å²) in [5.74, 6) is 0. The molecule has 1 unspecified atom stereocenters. The van der Waals surface area contributed by atoms with E-state index in [1.807, 2.05) is 67.6 Å². The highest BCUT2D eigenvalue weighted by Crippen LogP contribution is 2.46. The van der Waals surface area contributed by atoms with Crippen LogP contribution in [0.1, 0.15) is 29.8 Å². The molecule has 2 bridgehead atoms. The summed E-state index contributed by atoms with van der Waals surface area (Å²) in [5, 5.41) is 3.56. The van der Waals surface area contributed by atoms with Gasteiger partial charge >= 0.3 is 5.69 Å².